The van der Waals surface area contributed by atoms with Gasteiger partial charge in [0, 0.05) is 18.1 Å². The third-order valence-electron chi connectivity index (χ3n) is 3.79. The predicted octanol–water partition coefficient (Wildman–Crippen LogP) is 3.16. The topological polar surface area (TPSA) is 101 Å². The number of aromatic hydroxyl groups is 2. The normalized spacial score (nSPS) is 16.0. The summed E-state index contributed by atoms with van der Waals surface area (Å²) in [5, 5.41) is 29.6. The van der Waals surface area contributed by atoms with E-state index in [9.17, 15) is 25.1 Å². The third kappa shape index (κ3) is 3.07. The third-order valence-corrected chi connectivity index (χ3v) is 3.79. The Morgan fingerprint density at radius 3 is 2.50 bits per heavy atom. The van der Waals surface area contributed by atoms with Gasteiger partial charge in [-0.15, -0.1) is 0 Å². The Morgan fingerprint density at radius 1 is 1.25 bits per heavy atom. The highest BCUT2D eigenvalue weighted by atomic mass is 16.6. The molecule has 0 amide bonds. The Kier molecular flexibility index (Phi) is 4.22. The van der Waals surface area contributed by atoms with Crippen LogP contribution in [0.25, 0.3) is 0 Å². The minimum Gasteiger partial charge on any atom is -0.504 e. The number of hydrogen-bond acceptors (Lipinski definition) is 5. The summed E-state index contributed by atoms with van der Waals surface area (Å²) in [4.78, 5) is 22.1. The van der Waals surface area contributed by atoms with E-state index in [1.807, 2.05) is 0 Å². The van der Waals surface area contributed by atoms with Gasteiger partial charge in [0.05, 0.1) is 4.92 Å². The van der Waals surface area contributed by atoms with E-state index in [4.69, 9.17) is 0 Å². The van der Waals surface area contributed by atoms with Gasteiger partial charge in [0.25, 0.3) is 0 Å². The van der Waals surface area contributed by atoms with Crippen LogP contribution in [0.4, 0.5) is 5.69 Å². The maximum absolute atomic E-state index is 12.1. The average Bonchev–Trinajstić information content (AvgIpc) is 2.42. The Labute approximate surface area is 116 Å². The molecule has 6 heteroatoms. The van der Waals surface area contributed by atoms with Gasteiger partial charge in [-0.25, -0.2) is 0 Å². The molecule has 0 heterocycles. The van der Waals surface area contributed by atoms with Crippen molar-refractivity contribution in [2.75, 3.05) is 0 Å². The van der Waals surface area contributed by atoms with Crippen LogP contribution in [0, 0.1) is 16.0 Å². The summed E-state index contributed by atoms with van der Waals surface area (Å²) in [5.41, 5.74) is -0.561. The van der Waals surface area contributed by atoms with Crippen LogP contribution in [0.1, 0.15) is 48.9 Å². The Balaban J connectivity index is 2.19. The minimum atomic E-state index is -0.813. The first-order chi connectivity index (χ1) is 9.49. The first-order valence-corrected chi connectivity index (χ1v) is 6.72. The van der Waals surface area contributed by atoms with Gasteiger partial charge in [0.1, 0.15) is 0 Å². The summed E-state index contributed by atoms with van der Waals surface area (Å²) in [6.45, 7) is 0. The zero-order valence-electron chi connectivity index (χ0n) is 11.0. The molecule has 0 radical (unpaired) electrons. The second-order valence-electron chi connectivity index (χ2n) is 5.25. The molecule has 20 heavy (non-hydrogen) atoms. The van der Waals surface area contributed by atoms with Crippen molar-refractivity contribution < 1.29 is 19.9 Å². The number of carbonyl (C=O) groups is 1. The molecular formula is C14H17NO5. The molecular weight excluding hydrogens is 262 g/mol. The average molecular weight is 279 g/mol. The fraction of sp³-hybridized carbons (Fsp3) is 0.500. The van der Waals surface area contributed by atoms with E-state index in [2.05, 4.69) is 0 Å². The smallest absolute Gasteiger partial charge is 0.315 e. The number of carbonyl (C=O) groups excluding carboxylic acids is 1. The first kappa shape index (κ1) is 14.3. The Morgan fingerprint density at radius 2 is 1.90 bits per heavy atom. The number of Topliss-reactive ketones (excluding diaryl/α,β-unsaturated/α-hetero) is 1. The van der Waals surface area contributed by atoms with E-state index in [1.54, 1.807) is 0 Å². The molecule has 0 unspecified atom stereocenters. The maximum atomic E-state index is 12.1. The highest BCUT2D eigenvalue weighted by Crippen LogP contribution is 2.37. The van der Waals surface area contributed by atoms with Crippen molar-refractivity contribution in [3.8, 4) is 11.5 Å². The lowest BCUT2D eigenvalue weighted by molar-refractivity contribution is -0.386. The minimum absolute atomic E-state index is 0.0811. The molecule has 1 aromatic rings. The molecule has 0 aliphatic heterocycles. The number of benzene rings is 1. The molecule has 0 spiro atoms. The zero-order chi connectivity index (χ0) is 14.7. The highest BCUT2D eigenvalue weighted by molar-refractivity contribution is 5.97. The Bertz CT molecular complexity index is 535. The van der Waals surface area contributed by atoms with Crippen molar-refractivity contribution in [1.82, 2.24) is 0 Å². The lowest BCUT2D eigenvalue weighted by Crippen LogP contribution is -2.12. The molecule has 0 aromatic heterocycles. The fourth-order valence-corrected chi connectivity index (χ4v) is 2.68. The lowest BCUT2D eigenvalue weighted by Gasteiger charge is -2.20. The molecule has 6 nitrogen and oxygen atoms in total. The highest BCUT2D eigenvalue weighted by Gasteiger charge is 2.23. The van der Waals surface area contributed by atoms with Crippen LogP contribution < -0.4 is 0 Å². The fourth-order valence-electron chi connectivity index (χ4n) is 2.68. The number of nitro groups is 1. The first-order valence-electron chi connectivity index (χ1n) is 6.72. The summed E-state index contributed by atoms with van der Waals surface area (Å²) < 4.78 is 0. The molecule has 1 aliphatic rings. The lowest BCUT2D eigenvalue weighted by atomic mass is 9.84. The van der Waals surface area contributed by atoms with Crippen LogP contribution in [0.2, 0.25) is 0 Å². The van der Waals surface area contributed by atoms with Gasteiger partial charge in [-0.05, 0) is 12.0 Å². The SMILES string of the molecule is O=C(CC1CCCCC1)c1cc(O)c(O)c([N+](=O)[O-])c1. The molecule has 0 bridgehead atoms. The number of rotatable bonds is 4. The Hall–Kier alpha value is -2.11. The van der Waals surface area contributed by atoms with E-state index >= 15 is 0 Å². The second kappa shape index (κ2) is 5.90. The van der Waals surface area contributed by atoms with Gasteiger partial charge in [0.15, 0.2) is 11.5 Å². The van der Waals surface area contributed by atoms with E-state index in [0.29, 0.717) is 12.3 Å². The standard InChI is InChI=1S/C14H17NO5/c16-12(6-9-4-2-1-3-5-9)10-7-11(15(19)20)14(18)13(17)8-10/h7-9,17-18H,1-6H2. The molecule has 1 aliphatic carbocycles. The van der Waals surface area contributed by atoms with Crippen LogP contribution in [0.3, 0.4) is 0 Å². The van der Waals surface area contributed by atoms with E-state index in [1.165, 1.54) is 6.42 Å². The summed E-state index contributed by atoms with van der Waals surface area (Å²) in [6.07, 6.45) is 5.74. The molecule has 1 fully saturated rings. The largest absolute Gasteiger partial charge is 0.504 e. The molecule has 1 saturated carbocycles. The number of hydrogen-bond donors (Lipinski definition) is 2. The van der Waals surface area contributed by atoms with E-state index in [-0.39, 0.29) is 11.3 Å². The summed E-state index contributed by atoms with van der Waals surface area (Å²) in [6, 6.07) is 2.12. The van der Waals surface area contributed by atoms with Gasteiger partial charge < -0.3 is 10.2 Å². The molecule has 0 saturated heterocycles. The number of nitro benzene ring substituents is 1. The summed E-state index contributed by atoms with van der Waals surface area (Å²) in [7, 11) is 0. The zero-order valence-corrected chi connectivity index (χ0v) is 11.0. The number of nitrogens with zero attached hydrogens (tertiary/aromatic N) is 1. The van der Waals surface area contributed by atoms with Crippen LogP contribution in [-0.2, 0) is 0 Å². The van der Waals surface area contributed by atoms with Crippen molar-refractivity contribution in [2.24, 2.45) is 5.92 Å². The van der Waals surface area contributed by atoms with Crippen molar-refractivity contribution in [1.29, 1.82) is 0 Å². The molecule has 108 valence electrons. The van der Waals surface area contributed by atoms with Gasteiger partial charge in [-0.1, -0.05) is 32.1 Å². The summed E-state index contributed by atoms with van der Waals surface area (Å²) >= 11 is 0. The van der Waals surface area contributed by atoms with Gasteiger partial charge in [-0.3, -0.25) is 14.9 Å². The monoisotopic (exact) mass is 279 g/mol. The van der Waals surface area contributed by atoms with Crippen molar-refractivity contribution in [3.63, 3.8) is 0 Å². The van der Waals surface area contributed by atoms with Gasteiger partial charge >= 0.3 is 5.69 Å². The molecule has 2 rings (SSSR count). The number of phenolic OH excluding ortho intramolecular Hbond substituents is 2. The maximum Gasteiger partial charge on any atom is 0.315 e. The number of phenols is 2. The van der Waals surface area contributed by atoms with Crippen molar-refractivity contribution >= 4 is 11.5 Å². The van der Waals surface area contributed by atoms with Crippen LogP contribution in [0.15, 0.2) is 12.1 Å². The van der Waals surface area contributed by atoms with Crippen molar-refractivity contribution in [2.45, 2.75) is 38.5 Å². The molecule has 1 aromatic carbocycles. The molecule has 2 N–H and O–H groups in total. The second-order valence-corrected chi connectivity index (χ2v) is 5.25. The van der Waals surface area contributed by atoms with Gasteiger partial charge in [0.2, 0.25) is 5.75 Å². The van der Waals surface area contributed by atoms with Gasteiger partial charge in [-0.2, -0.15) is 0 Å². The van der Waals surface area contributed by atoms with Crippen molar-refractivity contribution in [3.05, 3.63) is 27.8 Å². The summed E-state index contributed by atoms with van der Waals surface area (Å²) in [5.74, 6) is -1.35. The van der Waals surface area contributed by atoms with E-state index < -0.39 is 22.1 Å². The van der Waals surface area contributed by atoms with Crippen LogP contribution in [0.5, 0.6) is 11.5 Å². The van der Waals surface area contributed by atoms with Crippen LogP contribution in [-0.4, -0.2) is 20.9 Å². The van der Waals surface area contributed by atoms with Crippen LogP contribution >= 0.6 is 0 Å². The van der Waals surface area contributed by atoms with E-state index in [0.717, 1.165) is 37.8 Å². The molecule has 0 atom stereocenters. The number of ketones is 1. The quantitative estimate of drug-likeness (QED) is 0.381. The predicted molar refractivity (Wildman–Crippen MR) is 71.9 cm³/mol.